The molecule has 1 fully saturated rings. The number of nitrogens with one attached hydrogen (secondary N) is 1. The van der Waals surface area contributed by atoms with E-state index in [2.05, 4.69) is 51.4 Å². The molecule has 1 N–H and O–H groups in total. The van der Waals surface area contributed by atoms with Gasteiger partial charge in [-0.2, -0.15) is 0 Å². The lowest BCUT2D eigenvalue weighted by atomic mass is 9.64. The van der Waals surface area contributed by atoms with E-state index in [9.17, 15) is 0 Å². The van der Waals surface area contributed by atoms with E-state index in [1.165, 1.54) is 29.7 Å². The first-order valence-corrected chi connectivity index (χ1v) is 8.62. The molecule has 1 aliphatic carbocycles. The fourth-order valence-electron chi connectivity index (χ4n) is 3.73. The Bertz CT molecular complexity index is 407. The molecule has 1 heterocycles. The van der Waals surface area contributed by atoms with Crippen LogP contribution in [0.5, 0.6) is 0 Å². The average Bonchev–Trinajstić information content (AvgIpc) is 2.77. The molecule has 3 unspecified atom stereocenters. The fraction of sp³-hybridized carbons (Fsp3) is 0.765. The summed E-state index contributed by atoms with van der Waals surface area (Å²) in [7, 11) is 0. The van der Waals surface area contributed by atoms with Gasteiger partial charge in [-0.1, -0.05) is 34.1 Å². The minimum absolute atomic E-state index is 0.289. The summed E-state index contributed by atoms with van der Waals surface area (Å²) in [5, 5.41) is 6.12. The topological polar surface area (TPSA) is 12.0 Å². The van der Waals surface area contributed by atoms with E-state index in [0.29, 0.717) is 6.04 Å². The summed E-state index contributed by atoms with van der Waals surface area (Å²) in [4.78, 5) is 1.44. The van der Waals surface area contributed by atoms with Crippen molar-refractivity contribution in [3.05, 3.63) is 21.9 Å². The quantitative estimate of drug-likeness (QED) is 0.839. The lowest BCUT2D eigenvalue weighted by Gasteiger charge is -2.44. The van der Waals surface area contributed by atoms with Gasteiger partial charge in [0.1, 0.15) is 0 Å². The van der Waals surface area contributed by atoms with Crippen LogP contribution in [-0.2, 0) is 5.41 Å². The smallest absolute Gasteiger partial charge is 0.0106 e. The maximum atomic E-state index is 3.75. The minimum atomic E-state index is 0.289. The second-order valence-electron chi connectivity index (χ2n) is 6.86. The van der Waals surface area contributed by atoms with Crippen LogP contribution in [0.15, 0.2) is 11.4 Å². The van der Waals surface area contributed by atoms with Gasteiger partial charge >= 0.3 is 0 Å². The molecule has 0 amide bonds. The van der Waals surface area contributed by atoms with Crippen LogP contribution in [0, 0.1) is 18.8 Å². The van der Waals surface area contributed by atoms with Crippen LogP contribution >= 0.6 is 11.3 Å². The zero-order valence-corrected chi connectivity index (χ0v) is 13.9. The summed E-state index contributed by atoms with van der Waals surface area (Å²) in [6.45, 7) is 12.8. The van der Waals surface area contributed by atoms with E-state index < -0.39 is 0 Å². The van der Waals surface area contributed by atoms with Crippen LogP contribution in [-0.4, -0.2) is 12.6 Å². The van der Waals surface area contributed by atoms with Crippen LogP contribution in [0.4, 0.5) is 0 Å². The number of aryl methyl sites for hydroxylation is 1. The van der Waals surface area contributed by atoms with Gasteiger partial charge in [0.2, 0.25) is 0 Å². The predicted molar refractivity (Wildman–Crippen MR) is 86.1 cm³/mol. The molecule has 0 aromatic carbocycles. The van der Waals surface area contributed by atoms with Gasteiger partial charge in [0, 0.05) is 10.9 Å². The fourth-order valence-corrected chi connectivity index (χ4v) is 4.61. The Kier molecular flexibility index (Phi) is 4.73. The van der Waals surface area contributed by atoms with Gasteiger partial charge < -0.3 is 5.32 Å². The molecule has 108 valence electrons. The highest BCUT2D eigenvalue weighted by Crippen LogP contribution is 2.43. The Morgan fingerprint density at radius 2 is 2.11 bits per heavy atom. The highest BCUT2D eigenvalue weighted by Gasteiger charge is 2.39. The van der Waals surface area contributed by atoms with Crippen LogP contribution in [0.3, 0.4) is 0 Å². The number of thiophene rings is 1. The number of rotatable bonds is 4. The van der Waals surface area contributed by atoms with E-state index in [1.54, 1.807) is 0 Å². The molecular formula is C17H29NS. The summed E-state index contributed by atoms with van der Waals surface area (Å²) in [5.74, 6) is 1.64. The van der Waals surface area contributed by atoms with Gasteiger partial charge in [-0.05, 0) is 60.6 Å². The summed E-state index contributed by atoms with van der Waals surface area (Å²) in [5.41, 5.74) is 1.83. The molecule has 0 radical (unpaired) electrons. The Morgan fingerprint density at radius 1 is 1.37 bits per heavy atom. The van der Waals surface area contributed by atoms with Crippen molar-refractivity contribution in [1.82, 2.24) is 5.32 Å². The van der Waals surface area contributed by atoms with Gasteiger partial charge in [0.05, 0.1) is 0 Å². The lowest BCUT2D eigenvalue weighted by Crippen LogP contribution is -2.48. The Hall–Kier alpha value is -0.340. The maximum Gasteiger partial charge on any atom is 0.0106 e. The van der Waals surface area contributed by atoms with E-state index in [-0.39, 0.29) is 5.41 Å². The van der Waals surface area contributed by atoms with Crippen LogP contribution in [0.2, 0.25) is 0 Å². The average molecular weight is 279 g/mol. The summed E-state index contributed by atoms with van der Waals surface area (Å²) in [6.07, 6.45) is 4.09. The number of hydrogen-bond donors (Lipinski definition) is 1. The third kappa shape index (κ3) is 3.22. The third-order valence-electron chi connectivity index (χ3n) is 4.98. The van der Waals surface area contributed by atoms with E-state index in [0.717, 1.165) is 18.4 Å². The Balaban J connectivity index is 2.21. The number of hydrogen-bond acceptors (Lipinski definition) is 2. The molecule has 2 heteroatoms. The summed E-state index contributed by atoms with van der Waals surface area (Å²) < 4.78 is 0. The molecule has 1 nitrogen and oxygen atoms in total. The largest absolute Gasteiger partial charge is 0.314 e. The van der Waals surface area contributed by atoms with E-state index >= 15 is 0 Å². The van der Waals surface area contributed by atoms with Crippen molar-refractivity contribution < 1.29 is 0 Å². The first-order chi connectivity index (χ1) is 8.95. The van der Waals surface area contributed by atoms with Crippen molar-refractivity contribution >= 4 is 11.3 Å². The second-order valence-corrected chi connectivity index (χ2v) is 7.97. The molecule has 0 bridgehead atoms. The lowest BCUT2D eigenvalue weighted by molar-refractivity contribution is 0.147. The van der Waals surface area contributed by atoms with E-state index in [4.69, 9.17) is 0 Å². The summed E-state index contributed by atoms with van der Waals surface area (Å²) >= 11 is 1.89. The minimum Gasteiger partial charge on any atom is -0.314 e. The Labute approximate surface area is 122 Å². The molecular weight excluding hydrogens is 250 g/mol. The molecule has 0 spiro atoms. The van der Waals surface area contributed by atoms with Gasteiger partial charge in [-0.3, -0.25) is 0 Å². The highest BCUT2D eigenvalue weighted by atomic mass is 32.1. The van der Waals surface area contributed by atoms with Crippen molar-refractivity contribution in [3.8, 4) is 0 Å². The normalized spacial score (nSPS) is 28.6. The summed E-state index contributed by atoms with van der Waals surface area (Å²) in [6, 6.07) is 3.08. The van der Waals surface area contributed by atoms with Gasteiger partial charge in [0.15, 0.2) is 0 Å². The van der Waals surface area contributed by atoms with Crippen LogP contribution in [0.1, 0.15) is 57.4 Å². The Morgan fingerprint density at radius 3 is 2.68 bits per heavy atom. The molecule has 0 saturated heterocycles. The second kappa shape index (κ2) is 5.97. The van der Waals surface area contributed by atoms with Crippen molar-refractivity contribution in [2.75, 3.05) is 6.54 Å². The predicted octanol–water partition coefficient (Wildman–Crippen LogP) is 4.75. The van der Waals surface area contributed by atoms with Crippen molar-refractivity contribution in [2.24, 2.45) is 11.8 Å². The first kappa shape index (κ1) is 15.1. The van der Waals surface area contributed by atoms with Gasteiger partial charge in [-0.25, -0.2) is 0 Å². The van der Waals surface area contributed by atoms with Crippen LogP contribution in [0.25, 0.3) is 0 Å². The van der Waals surface area contributed by atoms with Crippen molar-refractivity contribution in [2.45, 2.75) is 65.3 Å². The molecule has 1 aromatic rings. The molecule has 1 aliphatic rings. The van der Waals surface area contributed by atoms with Crippen LogP contribution < -0.4 is 5.32 Å². The first-order valence-electron chi connectivity index (χ1n) is 7.74. The monoisotopic (exact) mass is 279 g/mol. The van der Waals surface area contributed by atoms with E-state index in [1.807, 2.05) is 11.3 Å². The maximum absolute atomic E-state index is 3.75. The highest BCUT2D eigenvalue weighted by molar-refractivity contribution is 7.10. The zero-order valence-electron chi connectivity index (χ0n) is 13.1. The van der Waals surface area contributed by atoms with Crippen molar-refractivity contribution in [3.63, 3.8) is 0 Å². The molecule has 19 heavy (non-hydrogen) atoms. The molecule has 0 aliphatic heterocycles. The standard InChI is InChI=1S/C17H29NS/c1-6-18-16-9-12(2)7-8-15(16)17(4,5)14-10-13(3)19-11-14/h10-12,15-16,18H,6-9H2,1-5H3. The zero-order chi connectivity index (χ0) is 14.0. The third-order valence-corrected chi connectivity index (χ3v) is 5.84. The molecule has 3 atom stereocenters. The van der Waals surface area contributed by atoms with Crippen molar-refractivity contribution in [1.29, 1.82) is 0 Å². The van der Waals surface area contributed by atoms with Gasteiger partial charge in [-0.15, -0.1) is 11.3 Å². The molecule has 1 aromatic heterocycles. The SMILES string of the molecule is CCNC1CC(C)CCC1C(C)(C)c1csc(C)c1. The molecule has 1 saturated carbocycles. The van der Waals surface area contributed by atoms with Gasteiger partial charge in [0.25, 0.3) is 0 Å². The molecule has 2 rings (SSSR count).